The summed E-state index contributed by atoms with van der Waals surface area (Å²) in [5.41, 5.74) is 2.79. The van der Waals surface area contributed by atoms with Crippen LogP contribution in [-0.2, 0) is 0 Å². The van der Waals surface area contributed by atoms with Crippen LogP contribution in [0.5, 0.6) is 0 Å². The van der Waals surface area contributed by atoms with Gasteiger partial charge < -0.3 is 5.32 Å². The highest BCUT2D eigenvalue weighted by molar-refractivity contribution is 5.22. The molecule has 1 heteroatoms. The standard InChI is InChI=1S/C20H27N/c1-3-5-16-20(18-14-10-7-11-15-18)21-19(4-2)17-12-8-6-9-13-17/h6-15,19-21H,3-5,16H2,1-2H3. The van der Waals surface area contributed by atoms with Gasteiger partial charge in [0.15, 0.2) is 0 Å². The molecule has 112 valence electrons. The minimum absolute atomic E-state index is 0.424. The van der Waals surface area contributed by atoms with Gasteiger partial charge in [0.1, 0.15) is 0 Å². The molecule has 0 aliphatic carbocycles. The van der Waals surface area contributed by atoms with E-state index in [0.29, 0.717) is 12.1 Å². The molecule has 2 aromatic rings. The van der Waals surface area contributed by atoms with Gasteiger partial charge in [0.05, 0.1) is 0 Å². The number of hydrogen-bond donors (Lipinski definition) is 1. The topological polar surface area (TPSA) is 12.0 Å². The van der Waals surface area contributed by atoms with Crippen molar-refractivity contribution >= 4 is 0 Å². The van der Waals surface area contributed by atoms with Crippen LogP contribution in [0.4, 0.5) is 0 Å². The summed E-state index contributed by atoms with van der Waals surface area (Å²) in [4.78, 5) is 0. The first kappa shape index (κ1) is 15.8. The molecule has 0 spiro atoms. The third-order valence-corrected chi connectivity index (χ3v) is 4.06. The lowest BCUT2D eigenvalue weighted by molar-refractivity contribution is 0.406. The van der Waals surface area contributed by atoms with Gasteiger partial charge in [-0.25, -0.2) is 0 Å². The Labute approximate surface area is 129 Å². The Bertz CT molecular complexity index is 492. The molecule has 0 bridgehead atoms. The summed E-state index contributed by atoms with van der Waals surface area (Å²) in [6.45, 7) is 4.52. The van der Waals surface area contributed by atoms with E-state index in [4.69, 9.17) is 0 Å². The van der Waals surface area contributed by atoms with Crippen LogP contribution >= 0.6 is 0 Å². The van der Waals surface area contributed by atoms with Crippen molar-refractivity contribution in [2.45, 2.75) is 51.6 Å². The van der Waals surface area contributed by atoms with E-state index in [-0.39, 0.29) is 0 Å². The van der Waals surface area contributed by atoms with E-state index in [9.17, 15) is 0 Å². The number of unbranched alkanes of at least 4 members (excludes halogenated alkanes) is 1. The molecule has 2 rings (SSSR count). The summed E-state index contributed by atoms with van der Waals surface area (Å²) in [7, 11) is 0. The van der Waals surface area contributed by atoms with Gasteiger partial charge in [-0.3, -0.25) is 0 Å². The minimum Gasteiger partial charge on any atom is -0.303 e. The third-order valence-electron chi connectivity index (χ3n) is 4.06. The second-order valence-electron chi connectivity index (χ2n) is 5.64. The molecular weight excluding hydrogens is 254 g/mol. The normalized spacial score (nSPS) is 13.8. The first-order chi connectivity index (χ1) is 10.3. The van der Waals surface area contributed by atoms with E-state index in [0.717, 1.165) is 6.42 Å². The Morgan fingerprint density at radius 2 is 1.29 bits per heavy atom. The Balaban J connectivity index is 2.13. The molecule has 0 aromatic heterocycles. The molecule has 2 atom stereocenters. The van der Waals surface area contributed by atoms with E-state index in [2.05, 4.69) is 79.8 Å². The largest absolute Gasteiger partial charge is 0.303 e. The van der Waals surface area contributed by atoms with E-state index < -0.39 is 0 Å². The molecule has 0 heterocycles. The molecule has 2 unspecified atom stereocenters. The van der Waals surface area contributed by atoms with Crippen molar-refractivity contribution in [2.24, 2.45) is 0 Å². The molecule has 1 nitrogen and oxygen atoms in total. The summed E-state index contributed by atoms with van der Waals surface area (Å²) >= 11 is 0. The van der Waals surface area contributed by atoms with Crippen LogP contribution in [0.3, 0.4) is 0 Å². The second-order valence-corrected chi connectivity index (χ2v) is 5.64. The smallest absolute Gasteiger partial charge is 0.0325 e. The number of rotatable bonds is 8. The van der Waals surface area contributed by atoms with Gasteiger partial charge in [-0.05, 0) is 24.0 Å². The summed E-state index contributed by atoms with van der Waals surface area (Å²) in [6, 6.07) is 22.5. The molecule has 0 saturated heterocycles. The maximum atomic E-state index is 3.87. The zero-order valence-corrected chi connectivity index (χ0v) is 13.3. The average Bonchev–Trinajstić information content (AvgIpc) is 2.57. The van der Waals surface area contributed by atoms with Gasteiger partial charge in [0.2, 0.25) is 0 Å². The zero-order valence-electron chi connectivity index (χ0n) is 13.3. The highest BCUT2D eigenvalue weighted by Crippen LogP contribution is 2.25. The lowest BCUT2D eigenvalue weighted by Gasteiger charge is -2.26. The first-order valence-corrected chi connectivity index (χ1v) is 8.21. The van der Waals surface area contributed by atoms with E-state index in [1.54, 1.807) is 0 Å². The first-order valence-electron chi connectivity index (χ1n) is 8.21. The van der Waals surface area contributed by atoms with Gasteiger partial charge in [0.25, 0.3) is 0 Å². The fourth-order valence-corrected chi connectivity index (χ4v) is 2.82. The summed E-state index contributed by atoms with van der Waals surface area (Å²) in [5, 5.41) is 3.87. The van der Waals surface area contributed by atoms with Crippen molar-refractivity contribution in [1.29, 1.82) is 0 Å². The van der Waals surface area contributed by atoms with Crippen LogP contribution in [-0.4, -0.2) is 0 Å². The van der Waals surface area contributed by atoms with Crippen LogP contribution < -0.4 is 5.32 Å². The molecule has 0 aliphatic heterocycles. The van der Waals surface area contributed by atoms with Crippen LogP contribution in [0, 0.1) is 0 Å². The SMILES string of the molecule is CCCCC(NC(CC)c1ccccc1)c1ccccc1. The third kappa shape index (κ3) is 4.71. The molecule has 0 saturated carbocycles. The number of hydrogen-bond acceptors (Lipinski definition) is 1. The number of nitrogens with one attached hydrogen (secondary N) is 1. The van der Waals surface area contributed by atoms with Gasteiger partial charge >= 0.3 is 0 Å². The average molecular weight is 281 g/mol. The highest BCUT2D eigenvalue weighted by atomic mass is 14.9. The van der Waals surface area contributed by atoms with Gasteiger partial charge in [0, 0.05) is 12.1 Å². The summed E-state index contributed by atoms with van der Waals surface area (Å²) in [6.07, 6.45) is 4.81. The fraction of sp³-hybridized carbons (Fsp3) is 0.400. The summed E-state index contributed by atoms with van der Waals surface area (Å²) in [5.74, 6) is 0. The fourth-order valence-electron chi connectivity index (χ4n) is 2.82. The molecule has 0 radical (unpaired) electrons. The maximum Gasteiger partial charge on any atom is 0.0325 e. The predicted octanol–water partition coefficient (Wildman–Crippen LogP) is 5.66. The van der Waals surface area contributed by atoms with Gasteiger partial charge in [-0.15, -0.1) is 0 Å². The van der Waals surface area contributed by atoms with Crippen molar-refractivity contribution in [3.8, 4) is 0 Å². The number of benzene rings is 2. The molecule has 0 aliphatic rings. The predicted molar refractivity (Wildman–Crippen MR) is 91.3 cm³/mol. The zero-order chi connectivity index (χ0) is 14.9. The van der Waals surface area contributed by atoms with E-state index in [1.807, 2.05) is 0 Å². The maximum absolute atomic E-state index is 3.87. The molecule has 2 aromatic carbocycles. The van der Waals surface area contributed by atoms with Crippen molar-refractivity contribution in [3.05, 3.63) is 71.8 Å². The van der Waals surface area contributed by atoms with Crippen LogP contribution in [0.2, 0.25) is 0 Å². The molecular formula is C20H27N. The van der Waals surface area contributed by atoms with Crippen molar-refractivity contribution in [1.82, 2.24) is 5.32 Å². The Hall–Kier alpha value is -1.60. The molecule has 0 fully saturated rings. The minimum atomic E-state index is 0.424. The van der Waals surface area contributed by atoms with Gasteiger partial charge in [-0.1, -0.05) is 87.4 Å². The molecule has 21 heavy (non-hydrogen) atoms. The monoisotopic (exact) mass is 281 g/mol. The summed E-state index contributed by atoms with van der Waals surface area (Å²) < 4.78 is 0. The van der Waals surface area contributed by atoms with Crippen LogP contribution in [0.25, 0.3) is 0 Å². The van der Waals surface area contributed by atoms with Crippen molar-refractivity contribution in [3.63, 3.8) is 0 Å². The highest BCUT2D eigenvalue weighted by Gasteiger charge is 2.16. The molecule has 1 N–H and O–H groups in total. The van der Waals surface area contributed by atoms with Crippen LogP contribution in [0.15, 0.2) is 60.7 Å². The molecule has 0 amide bonds. The van der Waals surface area contributed by atoms with E-state index in [1.165, 1.54) is 30.4 Å². The lowest BCUT2D eigenvalue weighted by Crippen LogP contribution is -2.26. The second kappa shape index (κ2) is 8.63. The Kier molecular flexibility index (Phi) is 6.49. The van der Waals surface area contributed by atoms with Crippen molar-refractivity contribution in [2.75, 3.05) is 0 Å². The Morgan fingerprint density at radius 3 is 1.76 bits per heavy atom. The van der Waals surface area contributed by atoms with Crippen molar-refractivity contribution < 1.29 is 0 Å². The quantitative estimate of drug-likeness (QED) is 0.658. The van der Waals surface area contributed by atoms with E-state index >= 15 is 0 Å². The lowest BCUT2D eigenvalue weighted by atomic mass is 9.97. The Morgan fingerprint density at radius 1 is 0.762 bits per heavy atom. The van der Waals surface area contributed by atoms with Gasteiger partial charge in [-0.2, -0.15) is 0 Å². The van der Waals surface area contributed by atoms with Crippen LogP contribution in [0.1, 0.15) is 62.7 Å².